The highest BCUT2D eigenvalue weighted by Crippen LogP contribution is 2.21. The number of nitrogens with zero attached hydrogens (tertiary/aromatic N) is 1. The second-order valence-electron chi connectivity index (χ2n) is 6.23. The molecule has 0 bridgehead atoms. The minimum Gasteiger partial charge on any atom is -0.467 e. The minimum absolute atomic E-state index is 0.0407. The predicted molar refractivity (Wildman–Crippen MR) is 91.2 cm³/mol. The monoisotopic (exact) mass is 328 g/mol. The Bertz CT molecular complexity index is 627. The molecule has 0 saturated carbocycles. The van der Waals surface area contributed by atoms with Crippen LogP contribution in [0.25, 0.3) is 0 Å². The largest absolute Gasteiger partial charge is 0.467 e. The van der Waals surface area contributed by atoms with Gasteiger partial charge in [-0.2, -0.15) is 0 Å². The SMILES string of the molecule is O=C(NC(CO)c1ccco1)C1CCCCN1Cc1ccccc1. The van der Waals surface area contributed by atoms with Crippen molar-refractivity contribution in [2.75, 3.05) is 13.2 Å². The Hall–Kier alpha value is -2.11. The van der Waals surface area contributed by atoms with E-state index in [1.807, 2.05) is 18.2 Å². The van der Waals surface area contributed by atoms with Crippen LogP contribution < -0.4 is 5.32 Å². The van der Waals surface area contributed by atoms with Crippen LogP contribution in [0, 0.1) is 0 Å². The molecule has 2 aromatic rings. The molecule has 0 radical (unpaired) electrons. The number of hydrogen-bond acceptors (Lipinski definition) is 4. The van der Waals surface area contributed by atoms with Gasteiger partial charge in [0.2, 0.25) is 5.91 Å². The zero-order chi connectivity index (χ0) is 16.8. The van der Waals surface area contributed by atoms with Crippen molar-refractivity contribution in [3.63, 3.8) is 0 Å². The molecule has 128 valence electrons. The second kappa shape index (κ2) is 8.13. The highest BCUT2D eigenvalue weighted by Gasteiger charge is 2.30. The third-order valence-corrected chi connectivity index (χ3v) is 4.53. The molecule has 2 atom stereocenters. The van der Waals surface area contributed by atoms with Crippen LogP contribution in [0.4, 0.5) is 0 Å². The van der Waals surface area contributed by atoms with Gasteiger partial charge < -0.3 is 14.8 Å². The number of piperidine rings is 1. The number of nitrogens with one attached hydrogen (secondary N) is 1. The van der Waals surface area contributed by atoms with Gasteiger partial charge in [-0.05, 0) is 37.1 Å². The zero-order valence-electron chi connectivity index (χ0n) is 13.7. The average Bonchev–Trinajstić information content (AvgIpc) is 3.15. The molecule has 24 heavy (non-hydrogen) atoms. The van der Waals surface area contributed by atoms with Gasteiger partial charge in [0, 0.05) is 6.54 Å². The molecule has 2 heterocycles. The molecule has 2 N–H and O–H groups in total. The van der Waals surface area contributed by atoms with E-state index in [0.717, 1.165) is 32.4 Å². The lowest BCUT2D eigenvalue weighted by Gasteiger charge is -2.35. The van der Waals surface area contributed by atoms with Crippen LogP contribution >= 0.6 is 0 Å². The van der Waals surface area contributed by atoms with Gasteiger partial charge in [-0.3, -0.25) is 9.69 Å². The average molecular weight is 328 g/mol. The number of furan rings is 1. The standard InChI is InChI=1S/C19H24N2O3/c22-14-16(18-10-6-12-24-18)20-19(23)17-9-4-5-11-21(17)13-15-7-2-1-3-8-15/h1-3,6-8,10,12,16-17,22H,4-5,9,11,13-14H2,(H,20,23). The molecular weight excluding hydrogens is 304 g/mol. The summed E-state index contributed by atoms with van der Waals surface area (Å²) in [7, 11) is 0. The number of benzene rings is 1. The van der Waals surface area contributed by atoms with Crippen molar-refractivity contribution < 1.29 is 14.3 Å². The predicted octanol–water partition coefficient (Wildman–Crippen LogP) is 2.48. The molecule has 0 aliphatic carbocycles. The summed E-state index contributed by atoms with van der Waals surface area (Å²) < 4.78 is 5.31. The number of rotatable bonds is 6. The van der Waals surface area contributed by atoms with Crippen LogP contribution in [0.3, 0.4) is 0 Å². The van der Waals surface area contributed by atoms with E-state index in [1.165, 1.54) is 5.56 Å². The zero-order valence-corrected chi connectivity index (χ0v) is 13.7. The first-order chi connectivity index (χ1) is 11.8. The fourth-order valence-electron chi connectivity index (χ4n) is 3.26. The molecule has 1 aliphatic rings. The van der Waals surface area contributed by atoms with Gasteiger partial charge in [0.1, 0.15) is 11.8 Å². The van der Waals surface area contributed by atoms with Crippen LogP contribution in [0.5, 0.6) is 0 Å². The van der Waals surface area contributed by atoms with Gasteiger partial charge in [0.25, 0.3) is 0 Å². The maximum atomic E-state index is 12.8. The molecule has 1 aliphatic heterocycles. The number of carbonyl (C=O) groups excluding carboxylic acids is 1. The van der Waals surface area contributed by atoms with Crippen molar-refractivity contribution in [1.29, 1.82) is 0 Å². The van der Waals surface area contributed by atoms with E-state index < -0.39 is 6.04 Å². The maximum absolute atomic E-state index is 12.8. The highest BCUT2D eigenvalue weighted by atomic mass is 16.3. The molecule has 3 rings (SSSR count). The summed E-state index contributed by atoms with van der Waals surface area (Å²) >= 11 is 0. The van der Waals surface area contributed by atoms with Crippen LogP contribution in [0.15, 0.2) is 53.1 Å². The summed E-state index contributed by atoms with van der Waals surface area (Å²) in [5.41, 5.74) is 1.21. The number of carbonyl (C=O) groups is 1. The van der Waals surface area contributed by atoms with Crippen LogP contribution in [0.2, 0.25) is 0 Å². The molecule has 2 unspecified atom stereocenters. The molecule has 1 saturated heterocycles. The van der Waals surface area contributed by atoms with Gasteiger partial charge in [-0.25, -0.2) is 0 Å². The Kier molecular flexibility index (Phi) is 5.67. The smallest absolute Gasteiger partial charge is 0.238 e. The molecule has 0 spiro atoms. The van der Waals surface area contributed by atoms with Crippen molar-refractivity contribution in [2.45, 2.75) is 37.9 Å². The minimum atomic E-state index is -0.493. The summed E-state index contributed by atoms with van der Waals surface area (Å²) in [6, 6.07) is 13.1. The van der Waals surface area contributed by atoms with E-state index in [2.05, 4.69) is 22.3 Å². The summed E-state index contributed by atoms with van der Waals surface area (Å²) in [5, 5.41) is 12.5. The van der Waals surface area contributed by atoms with Crippen LogP contribution in [-0.2, 0) is 11.3 Å². The van der Waals surface area contributed by atoms with Gasteiger partial charge in [-0.1, -0.05) is 36.8 Å². The lowest BCUT2D eigenvalue weighted by Crippen LogP contribution is -2.50. The Morgan fingerprint density at radius 2 is 2.08 bits per heavy atom. The maximum Gasteiger partial charge on any atom is 0.238 e. The number of aliphatic hydroxyl groups excluding tert-OH is 1. The van der Waals surface area contributed by atoms with Gasteiger partial charge in [0.15, 0.2) is 0 Å². The molecule has 5 nitrogen and oxygen atoms in total. The van der Waals surface area contributed by atoms with E-state index >= 15 is 0 Å². The lowest BCUT2D eigenvalue weighted by atomic mass is 10.00. The number of likely N-dealkylation sites (tertiary alicyclic amines) is 1. The van der Waals surface area contributed by atoms with E-state index in [-0.39, 0.29) is 18.6 Å². The topological polar surface area (TPSA) is 65.7 Å². The summed E-state index contributed by atoms with van der Waals surface area (Å²) in [6.45, 7) is 1.51. The Morgan fingerprint density at radius 3 is 2.79 bits per heavy atom. The first-order valence-electron chi connectivity index (χ1n) is 8.50. The van der Waals surface area contributed by atoms with Gasteiger partial charge >= 0.3 is 0 Å². The Morgan fingerprint density at radius 1 is 1.25 bits per heavy atom. The van der Waals surface area contributed by atoms with Crippen LogP contribution in [0.1, 0.15) is 36.6 Å². The number of hydrogen-bond donors (Lipinski definition) is 2. The quantitative estimate of drug-likeness (QED) is 0.855. The van der Waals surface area contributed by atoms with Crippen molar-refractivity contribution in [1.82, 2.24) is 10.2 Å². The molecular formula is C19H24N2O3. The Labute approximate surface area is 142 Å². The summed E-state index contributed by atoms with van der Waals surface area (Å²) in [5.74, 6) is 0.539. The van der Waals surface area contributed by atoms with Crippen molar-refractivity contribution >= 4 is 5.91 Å². The molecule has 5 heteroatoms. The molecule has 1 aromatic carbocycles. The fraction of sp³-hybridized carbons (Fsp3) is 0.421. The third-order valence-electron chi connectivity index (χ3n) is 4.53. The molecule has 1 amide bonds. The number of aliphatic hydroxyl groups is 1. The second-order valence-corrected chi connectivity index (χ2v) is 6.23. The first kappa shape index (κ1) is 16.7. The molecule has 1 fully saturated rings. The van der Waals surface area contributed by atoms with E-state index in [9.17, 15) is 9.90 Å². The van der Waals surface area contributed by atoms with E-state index in [0.29, 0.717) is 5.76 Å². The van der Waals surface area contributed by atoms with E-state index in [1.54, 1.807) is 18.4 Å². The van der Waals surface area contributed by atoms with Gasteiger partial charge in [0.05, 0.1) is 18.9 Å². The van der Waals surface area contributed by atoms with Gasteiger partial charge in [-0.15, -0.1) is 0 Å². The lowest BCUT2D eigenvalue weighted by molar-refractivity contribution is -0.129. The first-order valence-corrected chi connectivity index (χ1v) is 8.50. The van der Waals surface area contributed by atoms with Crippen molar-refractivity contribution in [3.05, 3.63) is 60.1 Å². The fourth-order valence-corrected chi connectivity index (χ4v) is 3.26. The van der Waals surface area contributed by atoms with E-state index in [4.69, 9.17) is 4.42 Å². The molecule has 1 aromatic heterocycles. The highest BCUT2D eigenvalue weighted by molar-refractivity contribution is 5.82. The Balaban J connectivity index is 1.66. The third kappa shape index (κ3) is 4.04. The summed E-state index contributed by atoms with van der Waals surface area (Å²) in [4.78, 5) is 15.0. The normalized spacial score (nSPS) is 19.8. The number of amides is 1. The summed E-state index contributed by atoms with van der Waals surface area (Å²) in [6.07, 6.45) is 4.55. The van der Waals surface area contributed by atoms with Crippen molar-refractivity contribution in [2.24, 2.45) is 0 Å². The van der Waals surface area contributed by atoms with Crippen molar-refractivity contribution in [3.8, 4) is 0 Å². The van der Waals surface area contributed by atoms with Crippen LogP contribution in [-0.4, -0.2) is 35.1 Å².